The molecule has 0 bridgehead atoms. The predicted molar refractivity (Wildman–Crippen MR) is 86.1 cm³/mol. The Balaban J connectivity index is 2.97. The van der Waals surface area contributed by atoms with E-state index in [0.717, 1.165) is 15.6 Å². The van der Waals surface area contributed by atoms with E-state index >= 15 is 0 Å². The highest BCUT2D eigenvalue weighted by Crippen LogP contribution is 2.31. The molecule has 0 fully saturated rings. The number of rotatable bonds is 8. The summed E-state index contributed by atoms with van der Waals surface area (Å²) in [6, 6.07) is 5.90. The van der Waals surface area contributed by atoms with E-state index in [1.807, 2.05) is 45.9 Å². The van der Waals surface area contributed by atoms with E-state index in [4.69, 9.17) is 18.9 Å². The van der Waals surface area contributed by atoms with E-state index in [1.165, 1.54) is 0 Å². The zero-order valence-corrected chi connectivity index (χ0v) is 15.1. The smallest absolute Gasteiger partial charge is 0.184 e. The summed E-state index contributed by atoms with van der Waals surface area (Å²) in [5.74, 6) is 0. The van der Waals surface area contributed by atoms with Crippen molar-refractivity contribution in [3.05, 3.63) is 33.8 Å². The number of methoxy groups -OCH3 is 2. The Hall–Kier alpha value is -0.460. The summed E-state index contributed by atoms with van der Waals surface area (Å²) >= 11 is 3.57. The first-order valence-corrected chi connectivity index (χ1v) is 7.84. The van der Waals surface area contributed by atoms with E-state index < -0.39 is 6.29 Å². The van der Waals surface area contributed by atoms with Crippen LogP contribution in [0.2, 0.25) is 0 Å². The van der Waals surface area contributed by atoms with Crippen LogP contribution in [0.1, 0.15) is 51.4 Å². The summed E-state index contributed by atoms with van der Waals surface area (Å²) in [5.41, 5.74) is 1.88. The molecule has 1 rings (SSSR count). The lowest BCUT2D eigenvalue weighted by molar-refractivity contribution is -0.153. The van der Waals surface area contributed by atoms with Crippen molar-refractivity contribution in [2.24, 2.45) is 0 Å². The Bertz CT molecular complexity index is 434. The molecule has 0 saturated heterocycles. The van der Waals surface area contributed by atoms with Crippen molar-refractivity contribution in [1.82, 2.24) is 0 Å². The Kier molecular flexibility index (Phi) is 7.84. The molecule has 21 heavy (non-hydrogen) atoms. The molecule has 4 nitrogen and oxygen atoms in total. The second-order valence-electron chi connectivity index (χ2n) is 5.29. The van der Waals surface area contributed by atoms with Gasteiger partial charge < -0.3 is 18.9 Å². The standard InChI is InChI=1S/C16H25BrO4/c1-10(2)20-15(18-5)12-7-8-13(14(17)9-12)16(19-6)21-11(3)4/h7-11,15-16H,1-6H3. The lowest BCUT2D eigenvalue weighted by Gasteiger charge is -2.23. The van der Waals surface area contributed by atoms with Gasteiger partial charge in [-0.2, -0.15) is 0 Å². The van der Waals surface area contributed by atoms with E-state index in [2.05, 4.69) is 15.9 Å². The molecule has 0 aliphatic heterocycles. The molecule has 1 aromatic rings. The van der Waals surface area contributed by atoms with E-state index in [9.17, 15) is 0 Å². The number of hydrogen-bond acceptors (Lipinski definition) is 4. The first kappa shape index (κ1) is 18.6. The minimum Gasteiger partial charge on any atom is -0.352 e. The van der Waals surface area contributed by atoms with Crippen LogP contribution in [0.25, 0.3) is 0 Å². The fraction of sp³-hybridized carbons (Fsp3) is 0.625. The molecule has 0 N–H and O–H groups in total. The molecule has 5 heteroatoms. The highest BCUT2D eigenvalue weighted by atomic mass is 79.9. The lowest BCUT2D eigenvalue weighted by atomic mass is 10.1. The largest absolute Gasteiger partial charge is 0.352 e. The fourth-order valence-corrected chi connectivity index (χ4v) is 2.48. The van der Waals surface area contributed by atoms with Gasteiger partial charge in [-0.3, -0.25) is 0 Å². The maximum absolute atomic E-state index is 5.74. The summed E-state index contributed by atoms with van der Waals surface area (Å²) in [7, 11) is 3.27. The van der Waals surface area contributed by atoms with Gasteiger partial charge in [-0.1, -0.05) is 28.1 Å². The first-order valence-electron chi connectivity index (χ1n) is 7.04. The van der Waals surface area contributed by atoms with Crippen molar-refractivity contribution in [3.63, 3.8) is 0 Å². The van der Waals surface area contributed by atoms with Crippen LogP contribution in [0.15, 0.2) is 22.7 Å². The summed E-state index contributed by atoms with van der Waals surface area (Å²) < 4.78 is 23.2. The molecule has 1 aromatic carbocycles. The van der Waals surface area contributed by atoms with E-state index in [-0.39, 0.29) is 18.5 Å². The van der Waals surface area contributed by atoms with Crippen LogP contribution in [0, 0.1) is 0 Å². The van der Waals surface area contributed by atoms with Gasteiger partial charge in [-0.05, 0) is 33.8 Å². The maximum atomic E-state index is 5.74. The number of ether oxygens (including phenoxy) is 4. The number of benzene rings is 1. The molecule has 2 unspecified atom stereocenters. The third-order valence-electron chi connectivity index (χ3n) is 2.77. The molecular weight excluding hydrogens is 336 g/mol. The lowest BCUT2D eigenvalue weighted by Crippen LogP contribution is -2.15. The van der Waals surface area contributed by atoms with Gasteiger partial charge in [-0.15, -0.1) is 0 Å². The molecule has 120 valence electrons. The van der Waals surface area contributed by atoms with Crippen molar-refractivity contribution in [3.8, 4) is 0 Å². The summed E-state index contributed by atoms with van der Waals surface area (Å²) in [6.45, 7) is 7.91. The first-order chi connectivity index (χ1) is 9.88. The normalized spacial score (nSPS) is 14.7. The van der Waals surface area contributed by atoms with Crippen molar-refractivity contribution >= 4 is 15.9 Å². The second-order valence-corrected chi connectivity index (χ2v) is 6.14. The monoisotopic (exact) mass is 360 g/mol. The second kappa shape index (κ2) is 8.86. The van der Waals surface area contributed by atoms with Crippen molar-refractivity contribution in [2.75, 3.05) is 14.2 Å². The highest BCUT2D eigenvalue weighted by Gasteiger charge is 2.19. The van der Waals surface area contributed by atoms with Crippen molar-refractivity contribution in [1.29, 1.82) is 0 Å². The molecule has 0 heterocycles. The van der Waals surface area contributed by atoms with Gasteiger partial charge in [-0.25, -0.2) is 0 Å². The molecule has 0 spiro atoms. The third kappa shape index (κ3) is 5.68. The van der Waals surface area contributed by atoms with Crippen LogP contribution < -0.4 is 0 Å². The minimum atomic E-state index is -0.402. The van der Waals surface area contributed by atoms with Gasteiger partial charge >= 0.3 is 0 Å². The van der Waals surface area contributed by atoms with Gasteiger partial charge in [0.15, 0.2) is 12.6 Å². The van der Waals surface area contributed by atoms with Crippen LogP contribution in [0.5, 0.6) is 0 Å². The van der Waals surface area contributed by atoms with Gasteiger partial charge in [0.05, 0.1) is 12.2 Å². The quantitative estimate of drug-likeness (QED) is 0.635. The van der Waals surface area contributed by atoms with Crippen LogP contribution in [-0.4, -0.2) is 26.4 Å². The highest BCUT2D eigenvalue weighted by molar-refractivity contribution is 9.10. The maximum Gasteiger partial charge on any atom is 0.184 e. The van der Waals surface area contributed by atoms with Crippen molar-refractivity contribution < 1.29 is 18.9 Å². The molecular formula is C16H25BrO4. The van der Waals surface area contributed by atoms with E-state index in [0.29, 0.717) is 0 Å². The SMILES string of the molecule is COC(OC(C)C)c1ccc(C(OC)OC(C)C)c(Br)c1. The average molecular weight is 361 g/mol. The molecule has 0 aliphatic carbocycles. The molecule has 0 saturated carbocycles. The Labute approximate surface area is 135 Å². The average Bonchev–Trinajstić information content (AvgIpc) is 2.42. The summed E-state index contributed by atoms with van der Waals surface area (Å²) in [5, 5.41) is 0. The Morgan fingerprint density at radius 2 is 1.38 bits per heavy atom. The molecule has 0 radical (unpaired) electrons. The van der Waals surface area contributed by atoms with Crippen LogP contribution >= 0.6 is 15.9 Å². The van der Waals surface area contributed by atoms with Crippen LogP contribution in [0.3, 0.4) is 0 Å². The summed E-state index contributed by atoms with van der Waals surface area (Å²) in [4.78, 5) is 0. The number of hydrogen-bond donors (Lipinski definition) is 0. The minimum absolute atomic E-state index is 0.0810. The molecule has 0 aromatic heterocycles. The van der Waals surface area contributed by atoms with Gasteiger partial charge in [0.1, 0.15) is 0 Å². The summed E-state index contributed by atoms with van der Waals surface area (Å²) in [6.07, 6.45) is -0.621. The topological polar surface area (TPSA) is 36.9 Å². The van der Waals surface area contributed by atoms with Crippen molar-refractivity contribution in [2.45, 2.75) is 52.5 Å². The van der Waals surface area contributed by atoms with E-state index in [1.54, 1.807) is 14.2 Å². The molecule has 2 atom stereocenters. The van der Waals surface area contributed by atoms with Gasteiger partial charge in [0, 0.05) is 29.8 Å². The zero-order chi connectivity index (χ0) is 16.0. The molecule has 0 aliphatic rings. The van der Waals surface area contributed by atoms with Crippen LogP contribution in [0.4, 0.5) is 0 Å². The third-order valence-corrected chi connectivity index (χ3v) is 3.46. The molecule has 0 amide bonds. The zero-order valence-electron chi connectivity index (χ0n) is 13.6. The predicted octanol–water partition coefficient (Wildman–Crippen LogP) is 4.59. The van der Waals surface area contributed by atoms with Gasteiger partial charge in [0.2, 0.25) is 0 Å². The Morgan fingerprint density at radius 1 is 0.857 bits per heavy atom. The van der Waals surface area contributed by atoms with Gasteiger partial charge in [0.25, 0.3) is 0 Å². The number of halogens is 1. The van der Waals surface area contributed by atoms with Crippen LogP contribution in [-0.2, 0) is 18.9 Å². The Morgan fingerprint density at radius 3 is 1.81 bits per heavy atom. The fourth-order valence-electron chi connectivity index (χ4n) is 1.90.